The fourth-order valence-electron chi connectivity index (χ4n) is 5.77. The zero-order valence-electron chi connectivity index (χ0n) is 31.1. The van der Waals surface area contributed by atoms with Crippen LogP contribution in [0.5, 0.6) is 0 Å². The van der Waals surface area contributed by atoms with Crippen LogP contribution in [0.4, 0.5) is 0 Å². The molecule has 6 aromatic carbocycles. The van der Waals surface area contributed by atoms with Gasteiger partial charge >= 0.3 is 20.4 Å². The summed E-state index contributed by atoms with van der Waals surface area (Å²) in [6.07, 6.45) is 0. The Morgan fingerprint density at radius 2 is 0.600 bits per heavy atom. The van der Waals surface area contributed by atoms with E-state index in [2.05, 4.69) is 135 Å². The van der Waals surface area contributed by atoms with E-state index in [0.29, 0.717) is 11.3 Å². The van der Waals surface area contributed by atoms with E-state index in [1.54, 1.807) is 24.3 Å². The quantitative estimate of drug-likeness (QED) is 0.0806. The maximum atomic E-state index is 10.4. The van der Waals surface area contributed by atoms with Crippen molar-refractivity contribution in [1.29, 1.82) is 0 Å². The van der Waals surface area contributed by atoms with Crippen molar-refractivity contribution in [2.24, 2.45) is 0 Å². The fraction of sp³-hybridized carbons (Fsp3) is 0.143. The number of rotatable bonds is 9. The normalized spacial score (nSPS) is 11.9. The van der Waals surface area contributed by atoms with Crippen LogP contribution in [0.3, 0.4) is 0 Å². The van der Waals surface area contributed by atoms with E-state index in [4.69, 9.17) is 0 Å². The Labute approximate surface area is 342 Å². The summed E-state index contributed by atoms with van der Waals surface area (Å²) in [4.78, 5) is -0.355. The second-order valence-electron chi connectivity index (χ2n) is 12.4. The van der Waals surface area contributed by atoms with E-state index in [0.717, 1.165) is 11.1 Å². The molecule has 0 spiro atoms. The molecular weight excluding hydrogens is 865 g/mol. The van der Waals surface area contributed by atoms with Gasteiger partial charge in [-0.05, 0) is 100 Å². The molecule has 0 aliphatic heterocycles. The standard InChI is InChI=1S/C28H28P2.2C7H8O3S.2H2O.Pd/c1-23(29(25-15-7-3-8-16-25)26-17-9-4-10-18-26)24(2)30(27-19-11-5-12-20-27)28-21-13-6-14-22-28;2*1-6-2-4-7(5-3-6)11(8,9)10;;;/h3-24H,1-2H3;2*2-5H,1H3,(H,8,9,10);2*1H2;/q;;;;;+2/p+2/t23-,24+;;;;;. The summed E-state index contributed by atoms with van der Waals surface area (Å²) in [5.41, 5.74) is 3.07. The van der Waals surface area contributed by atoms with Gasteiger partial charge in [0.25, 0.3) is 0 Å². The van der Waals surface area contributed by atoms with Gasteiger partial charge in [0.15, 0.2) is 0 Å². The molecule has 8 nitrogen and oxygen atoms in total. The van der Waals surface area contributed by atoms with Gasteiger partial charge in [-0.3, -0.25) is 0 Å². The predicted octanol–water partition coefficient (Wildman–Crippen LogP) is 5.45. The van der Waals surface area contributed by atoms with Gasteiger partial charge in [-0.1, -0.05) is 108 Å². The van der Waals surface area contributed by atoms with Crippen molar-refractivity contribution < 1.29 is 57.3 Å². The molecule has 0 radical (unpaired) electrons. The molecular formula is C42H50O8P2PdS2+4. The number of aryl methyl sites for hydroxylation is 2. The van der Waals surface area contributed by atoms with E-state index < -0.39 is 36.1 Å². The molecule has 13 heteroatoms. The molecule has 0 aliphatic rings. The Morgan fingerprint density at radius 1 is 0.400 bits per heavy atom. The van der Waals surface area contributed by atoms with Crippen LogP contribution in [-0.4, -0.2) is 37.3 Å². The van der Waals surface area contributed by atoms with Gasteiger partial charge in [0.05, 0.1) is 46.9 Å². The summed E-state index contributed by atoms with van der Waals surface area (Å²) < 4.78 is 62.3. The van der Waals surface area contributed by atoms with Crippen molar-refractivity contribution in [3.05, 3.63) is 181 Å². The summed E-state index contributed by atoms with van der Waals surface area (Å²) in [5.74, 6) is 0. The predicted molar refractivity (Wildman–Crippen MR) is 228 cm³/mol. The zero-order valence-corrected chi connectivity index (χ0v) is 36.2. The molecule has 6 aromatic rings. The van der Waals surface area contributed by atoms with Crippen molar-refractivity contribution in [3.63, 3.8) is 0 Å². The Hall–Kier alpha value is -3.42. The van der Waals surface area contributed by atoms with Gasteiger partial charge in [-0.25, -0.2) is 16.8 Å². The summed E-state index contributed by atoms with van der Waals surface area (Å²) in [7, 11) is -10.4. The maximum absolute atomic E-state index is 10.4. The molecule has 6 N–H and O–H groups in total. The van der Waals surface area contributed by atoms with Gasteiger partial charge in [-0.15, -0.1) is 0 Å². The number of hydrogen-bond donors (Lipinski definition) is 0. The average molecular weight is 915 g/mol. The fourth-order valence-corrected chi connectivity index (χ4v) is 13.7. The van der Waals surface area contributed by atoms with Gasteiger partial charge in [-0.2, -0.15) is 0 Å². The Morgan fingerprint density at radius 3 is 0.782 bits per heavy atom. The van der Waals surface area contributed by atoms with Crippen LogP contribution in [0, 0.1) is 13.8 Å². The number of hydrogen-bond acceptors (Lipinski definition) is 6. The van der Waals surface area contributed by atoms with E-state index >= 15 is 0 Å². The monoisotopic (exact) mass is 914 g/mol. The third-order valence-corrected chi connectivity index (χ3v) is 17.3. The molecule has 0 aromatic heterocycles. The first-order valence-electron chi connectivity index (χ1n) is 16.8. The summed E-state index contributed by atoms with van der Waals surface area (Å²) in [5, 5.41) is 6.04. The average Bonchev–Trinajstić information content (AvgIpc) is 3.14. The minimum atomic E-state index is -4.27. The van der Waals surface area contributed by atoms with Crippen LogP contribution in [0.2, 0.25) is 0 Å². The molecule has 0 heterocycles. The Bertz CT molecular complexity index is 1940. The van der Waals surface area contributed by atoms with Crippen LogP contribution >= 0.6 is 15.8 Å². The second-order valence-corrected chi connectivity index (χ2v) is 20.9. The molecule has 0 unspecified atom stereocenters. The molecule has 0 saturated carbocycles. The molecule has 55 heavy (non-hydrogen) atoms. The largest absolute Gasteiger partial charge is 2.00 e. The molecule has 0 amide bonds. The van der Waals surface area contributed by atoms with Crippen molar-refractivity contribution >= 4 is 57.3 Å². The van der Waals surface area contributed by atoms with Crippen LogP contribution in [0.15, 0.2) is 180 Å². The summed E-state index contributed by atoms with van der Waals surface area (Å²) >= 11 is 0. The van der Waals surface area contributed by atoms with Crippen LogP contribution in [0.25, 0.3) is 0 Å². The van der Waals surface area contributed by atoms with Gasteiger partial charge in [0, 0.05) is 0 Å². The number of benzene rings is 6. The minimum Gasteiger partial charge on any atom is -0.744 e. The van der Waals surface area contributed by atoms with Gasteiger partial charge in [0.1, 0.15) is 31.6 Å². The second kappa shape index (κ2) is 23.6. The molecule has 0 saturated heterocycles. The molecule has 2 atom stereocenters. The maximum Gasteiger partial charge on any atom is 2.00 e. The molecule has 294 valence electrons. The van der Waals surface area contributed by atoms with E-state index in [1.165, 1.54) is 45.5 Å². The molecule has 6 rings (SSSR count). The SMILES string of the molecule is C[C@H]([C@H](C)[PH+](c1ccccc1)c1ccccc1)[PH+](c1ccccc1)c1ccccc1.Cc1ccc(S(=O)(=O)[O-])cc1.Cc1ccc(S(=O)(=O)[O-])cc1.[OH3+].[OH3+].[Pd+2]. The van der Waals surface area contributed by atoms with Gasteiger partial charge < -0.3 is 20.1 Å². The Kier molecular flexibility index (Phi) is 21.3. The summed E-state index contributed by atoms with van der Waals surface area (Å²) in [6, 6.07) is 56.3. The smallest absolute Gasteiger partial charge is 0.744 e. The van der Waals surface area contributed by atoms with Crippen molar-refractivity contribution in [1.82, 2.24) is 0 Å². The minimum absolute atomic E-state index is 0. The first-order valence-corrected chi connectivity index (χ1v) is 22.7. The van der Waals surface area contributed by atoms with Crippen LogP contribution < -0.4 is 21.2 Å². The molecule has 0 fully saturated rings. The van der Waals surface area contributed by atoms with Crippen molar-refractivity contribution in [2.75, 3.05) is 0 Å². The first-order chi connectivity index (χ1) is 24.8. The first kappa shape index (κ1) is 49.6. The zero-order chi connectivity index (χ0) is 37.7. The van der Waals surface area contributed by atoms with Crippen molar-refractivity contribution in [3.8, 4) is 0 Å². The third kappa shape index (κ3) is 15.2. The summed E-state index contributed by atoms with van der Waals surface area (Å²) in [6.45, 7) is 8.63. The Balaban J connectivity index is 0.000000500. The topological polar surface area (TPSA) is 180 Å². The van der Waals surface area contributed by atoms with Gasteiger partial charge in [0.2, 0.25) is 0 Å². The van der Waals surface area contributed by atoms with E-state index in [1.807, 2.05) is 13.8 Å². The van der Waals surface area contributed by atoms with Crippen LogP contribution in [0.1, 0.15) is 25.0 Å². The van der Waals surface area contributed by atoms with Crippen molar-refractivity contribution in [2.45, 2.75) is 48.8 Å². The van der Waals surface area contributed by atoms with E-state index in [-0.39, 0.29) is 41.2 Å². The molecule has 0 bridgehead atoms. The van der Waals surface area contributed by atoms with E-state index in [9.17, 15) is 25.9 Å². The molecule has 0 aliphatic carbocycles. The third-order valence-electron chi connectivity index (χ3n) is 8.62. The van der Waals surface area contributed by atoms with Crippen LogP contribution in [-0.2, 0) is 51.6 Å².